The molecule has 0 radical (unpaired) electrons. The Morgan fingerprint density at radius 1 is 0.852 bits per heavy atom. The standard InChI is InChI=1S/C21H17NO4S/c23-20(15-8-3-1-4-9-15)19(21(24)16-10-5-2-6-11-16)17(14-22(25)26)18-12-7-13-27-18/h1-13,17,19H,14H2/t17-/m1/s1. The third kappa shape index (κ3) is 4.35. The van der Waals surface area contributed by atoms with Gasteiger partial charge in [0.1, 0.15) is 0 Å². The van der Waals surface area contributed by atoms with Gasteiger partial charge < -0.3 is 0 Å². The van der Waals surface area contributed by atoms with E-state index in [1.54, 1.807) is 78.2 Å². The first kappa shape index (κ1) is 18.7. The lowest BCUT2D eigenvalue weighted by Crippen LogP contribution is -2.34. The number of benzene rings is 2. The van der Waals surface area contributed by atoms with Gasteiger partial charge in [-0.2, -0.15) is 0 Å². The second kappa shape index (κ2) is 8.51. The number of hydrogen-bond donors (Lipinski definition) is 0. The lowest BCUT2D eigenvalue weighted by Gasteiger charge is -2.22. The molecule has 2 aromatic carbocycles. The maximum absolute atomic E-state index is 13.2. The zero-order chi connectivity index (χ0) is 19.2. The van der Waals surface area contributed by atoms with E-state index in [4.69, 9.17) is 0 Å². The van der Waals surface area contributed by atoms with Crippen molar-refractivity contribution in [2.45, 2.75) is 5.92 Å². The van der Waals surface area contributed by atoms with Crippen LogP contribution >= 0.6 is 11.3 Å². The minimum atomic E-state index is -1.15. The average Bonchev–Trinajstić information content (AvgIpc) is 3.23. The smallest absolute Gasteiger partial charge is 0.212 e. The Hall–Kier alpha value is -3.12. The van der Waals surface area contributed by atoms with Gasteiger partial charge in [0.2, 0.25) is 6.54 Å². The van der Waals surface area contributed by atoms with Crippen LogP contribution in [0.15, 0.2) is 78.2 Å². The van der Waals surface area contributed by atoms with Crippen molar-refractivity contribution in [1.82, 2.24) is 0 Å². The molecule has 3 rings (SSSR count). The van der Waals surface area contributed by atoms with E-state index in [1.165, 1.54) is 11.3 Å². The lowest BCUT2D eigenvalue weighted by atomic mass is 9.79. The number of nitrogens with zero attached hydrogens (tertiary/aromatic N) is 1. The molecule has 0 N–H and O–H groups in total. The van der Waals surface area contributed by atoms with Crippen LogP contribution in [0, 0.1) is 16.0 Å². The predicted octanol–water partition coefficient (Wildman–Crippen LogP) is 4.49. The SMILES string of the molecule is O=C(c1ccccc1)C(C(=O)c1ccccc1)[C@H](C[N+](=O)[O-])c1cccs1. The predicted molar refractivity (Wildman–Crippen MR) is 104 cm³/mol. The van der Waals surface area contributed by atoms with Crippen LogP contribution in [-0.4, -0.2) is 23.0 Å². The quantitative estimate of drug-likeness (QED) is 0.250. The van der Waals surface area contributed by atoms with E-state index in [2.05, 4.69) is 0 Å². The van der Waals surface area contributed by atoms with Crippen LogP contribution in [0.2, 0.25) is 0 Å². The summed E-state index contributed by atoms with van der Waals surface area (Å²) in [5.41, 5.74) is 0.744. The third-order valence-electron chi connectivity index (χ3n) is 4.34. The van der Waals surface area contributed by atoms with Crippen molar-refractivity contribution >= 4 is 22.9 Å². The second-order valence-corrected chi connectivity index (χ2v) is 7.05. The van der Waals surface area contributed by atoms with Crippen LogP contribution < -0.4 is 0 Å². The van der Waals surface area contributed by atoms with Gasteiger partial charge in [-0.1, -0.05) is 66.7 Å². The van der Waals surface area contributed by atoms with E-state index in [9.17, 15) is 19.7 Å². The molecule has 0 fully saturated rings. The normalized spacial score (nSPS) is 11.9. The lowest BCUT2D eigenvalue weighted by molar-refractivity contribution is -0.483. The van der Waals surface area contributed by atoms with Crippen molar-refractivity contribution in [3.8, 4) is 0 Å². The summed E-state index contributed by atoms with van der Waals surface area (Å²) in [7, 11) is 0. The van der Waals surface area contributed by atoms with Crippen LogP contribution in [0.5, 0.6) is 0 Å². The maximum atomic E-state index is 13.2. The van der Waals surface area contributed by atoms with Gasteiger partial charge >= 0.3 is 0 Å². The molecule has 0 saturated heterocycles. The van der Waals surface area contributed by atoms with Gasteiger partial charge in [-0.15, -0.1) is 11.3 Å². The van der Waals surface area contributed by atoms with E-state index in [0.29, 0.717) is 16.0 Å². The number of nitro groups is 1. The first-order valence-corrected chi connectivity index (χ1v) is 9.29. The van der Waals surface area contributed by atoms with Gasteiger partial charge in [-0.05, 0) is 11.4 Å². The summed E-state index contributed by atoms with van der Waals surface area (Å²) in [6.45, 7) is -0.484. The minimum absolute atomic E-state index is 0.372. The van der Waals surface area contributed by atoms with Gasteiger partial charge in [-0.25, -0.2) is 0 Å². The van der Waals surface area contributed by atoms with E-state index >= 15 is 0 Å². The molecule has 1 heterocycles. The summed E-state index contributed by atoms with van der Waals surface area (Å²) in [5.74, 6) is -2.77. The van der Waals surface area contributed by atoms with Crippen molar-refractivity contribution in [1.29, 1.82) is 0 Å². The monoisotopic (exact) mass is 379 g/mol. The number of Topliss-reactive ketones (excluding diaryl/α,β-unsaturated/α-hetero) is 2. The fraction of sp³-hybridized carbons (Fsp3) is 0.143. The molecule has 0 bridgehead atoms. The molecule has 0 aliphatic rings. The van der Waals surface area contributed by atoms with Crippen molar-refractivity contribution in [3.63, 3.8) is 0 Å². The van der Waals surface area contributed by atoms with Crippen LogP contribution in [0.25, 0.3) is 0 Å². The van der Waals surface area contributed by atoms with Gasteiger partial charge in [0.15, 0.2) is 11.6 Å². The largest absolute Gasteiger partial charge is 0.293 e. The summed E-state index contributed by atoms with van der Waals surface area (Å²) in [6, 6.07) is 20.4. The molecule has 1 atom stereocenters. The maximum Gasteiger partial charge on any atom is 0.212 e. The Bertz CT molecular complexity index is 872. The Labute approximate surface area is 160 Å². The van der Waals surface area contributed by atoms with Gasteiger partial charge in [0, 0.05) is 20.9 Å². The number of thiophene rings is 1. The fourth-order valence-electron chi connectivity index (χ4n) is 3.07. The van der Waals surface area contributed by atoms with Crippen molar-refractivity contribution in [2.24, 2.45) is 5.92 Å². The third-order valence-corrected chi connectivity index (χ3v) is 5.34. The number of carbonyl (C=O) groups is 2. The number of ketones is 2. The zero-order valence-electron chi connectivity index (χ0n) is 14.4. The average molecular weight is 379 g/mol. The molecule has 0 spiro atoms. The minimum Gasteiger partial charge on any atom is -0.293 e. The highest BCUT2D eigenvalue weighted by molar-refractivity contribution is 7.10. The van der Waals surface area contributed by atoms with E-state index in [0.717, 1.165) is 0 Å². The molecule has 5 nitrogen and oxygen atoms in total. The highest BCUT2D eigenvalue weighted by atomic mass is 32.1. The van der Waals surface area contributed by atoms with Crippen molar-refractivity contribution in [3.05, 3.63) is 104 Å². The topological polar surface area (TPSA) is 77.3 Å². The summed E-state index contributed by atoms with van der Waals surface area (Å²) in [5, 5.41) is 13.1. The fourth-order valence-corrected chi connectivity index (χ4v) is 3.93. The summed E-state index contributed by atoms with van der Waals surface area (Å²) >= 11 is 1.32. The molecule has 3 aromatic rings. The molecule has 6 heteroatoms. The second-order valence-electron chi connectivity index (χ2n) is 6.08. The van der Waals surface area contributed by atoms with Crippen LogP contribution in [0.4, 0.5) is 0 Å². The molecule has 0 amide bonds. The van der Waals surface area contributed by atoms with Crippen molar-refractivity contribution < 1.29 is 14.5 Å². The first-order chi connectivity index (χ1) is 13.1. The molecule has 1 aromatic heterocycles. The number of rotatable bonds is 8. The highest BCUT2D eigenvalue weighted by Crippen LogP contribution is 2.33. The van der Waals surface area contributed by atoms with E-state index in [1.807, 2.05) is 0 Å². The zero-order valence-corrected chi connectivity index (χ0v) is 15.2. The summed E-state index contributed by atoms with van der Waals surface area (Å²) < 4.78 is 0. The Morgan fingerprint density at radius 3 is 1.78 bits per heavy atom. The Balaban J connectivity index is 2.09. The first-order valence-electron chi connectivity index (χ1n) is 8.41. The molecular formula is C21H17NO4S. The molecular weight excluding hydrogens is 362 g/mol. The molecule has 0 saturated carbocycles. The van der Waals surface area contributed by atoms with Crippen LogP contribution in [0.3, 0.4) is 0 Å². The van der Waals surface area contributed by atoms with Gasteiger partial charge in [0.25, 0.3) is 0 Å². The molecule has 136 valence electrons. The summed E-state index contributed by atoms with van der Waals surface area (Å²) in [6.07, 6.45) is 0. The summed E-state index contributed by atoms with van der Waals surface area (Å²) in [4.78, 5) is 38.0. The molecule has 0 aliphatic carbocycles. The van der Waals surface area contributed by atoms with E-state index < -0.39 is 34.9 Å². The number of hydrogen-bond acceptors (Lipinski definition) is 5. The van der Waals surface area contributed by atoms with Crippen molar-refractivity contribution in [2.75, 3.05) is 6.54 Å². The Kier molecular flexibility index (Phi) is 5.88. The van der Waals surface area contributed by atoms with Gasteiger partial charge in [0.05, 0.1) is 11.8 Å². The van der Waals surface area contributed by atoms with Gasteiger partial charge in [-0.3, -0.25) is 19.7 Å². The van der Waals surface area contributed by atoms with Crippen LogP contribution in [0.1, 0.15) is 31.5 Å². The number of carbonyl (C=O) groups excluding carboxylic acids is 2. The van der Waals surface area contributed by atoms with E-state index in [-0.39, 0.29) is 0 Å². The molecule has 0 aliphatic heterocycles. The van der Waals surface area contributed by atoms with Crippen LogP contribution in [-0.2, 0) is 0 Å². The highest BCUT2D eigenvalue weighted by Gasteiger charge is 2.40. The molecule has 0 unspecified atom stereocenters. The Morgan fingerprint density at radius 2 is 1.37 bits per heavy atom. The molecule has 27 heavy (non-hydrogen) atoms.